The van der Waals surface area contributed by atoms with Crippen molar-refractivity contribution < 1.29 is 4.42 Å². The van der Waals surface area contributed by atoms with Gasteiger partial charge in [0.1, 0.15) is 5.58 Å². The molecule has 10 heteroatoms. The molecule has 8 nitrogen and oxygen atoms in total. The van der Waals surface area contributed by atoms with E-state index in [0.29, 0.717) is 33.9 Å². The molecular formula is C21H13BrN6O2S. The third-order valence-electron chi connectivity index (χ3n) is 4.61. The third-order valence-corrected chi connectivity index (χ3v) is 5.40. The first-order valence-electron chi connectivity index (χ1n) is 9.07. The molecule has 0 saturated heterocycles. The molecule has 5 aromatic rings. The van der Waals surface area contributed by atoms with E-state index in [1.54, 1.807) is 36.5 Å². The van der Waals surface area contributed by atoms with E-state index in [4.69, 9.17) is 10.2 Å². The van der Waals surface area contributed by atoms with Gasteiger partial charge in [-0.2, -0.15) is 5.11 Å². The number of nitrogens with zero attached hydrogens (tertiary/aromatic N) is 5. The summed E-state index contributed by atoms with van der Waals surface area (Å²) in [6, 6.07) is 16.0. The van der Waals surface area contributed by atoms with Gasteiger partial charge < -0.3 is 10.2 Å². The number of hydrogen-bond acceptors (Lipinski definition) is 8. The Morgan fingerprint density at radius 2 is 1.87 bits per heavy atom. The van der Waals surface area contributed by atoms with Gasteiger partial charge in [-0.15, -0.1) is 22.8 Å². The summed E-state index contributed by atoms with van der Waals surface area (Å²) in [5, 5.41) is 13.5. The number of thiol groups is 1. The number of rotatable bonds is 3. The topological polar surface area (TPSA) is 111 Å². The standard InChI is InChI=1S/C21H13BrN6O2S/c22-12-1-6-17-11(9-12)10-15(21(29)30-17)16-7-8-24-20-18(19(23)27-28(16)20)26-25-13-2-4-14(31)5-3-13/h1-10,31H,(H2,23,27). The van der Waals surface area contributed by atoms with Crippen LogP contribution in [-0.4, -0.2) is 14.6 Å². The summed E-state index contributed by atoms with van der Waals surface area (Å²) in [5.41, 5.74) is 8.21. The minimum Gasteiger partial charge on any atom is -0.422 e. The highest BCUT2D eigenvalue weighted by Gasteiger charge is 2.17. The van der Waals surface area contributed by atoms with Gasteiger partial charge in [-0.1, -0.05) is 15.9 Å². The number of benzene rings is 2. The lowest BCUT2D eigenvalue weighted by molar-refractivity contribution is 0.562. The summed E-state index contributed by atoms with van der Waals surface area (Å²) in [4.78, 5) is 17.8. The summed E-state index contributed by atoms with van der Waals surface area (Å²) in [6.07, 6.45) is 1.56. The van der Waals surface area contributed by atoms with Crippen molar-refractivity contribution in [2.45, 2.75) is 4.90 Å². The molecule has 2 N–H and O–H groups in total. The van der Waals surface area contributed by atoms with Crippen molar-refractivity contribution in [3.05, 3.63) is 75.7 Å². The van der Waals surface area contributed by atoms with Crippen LogP contribution in [0.2, 0.25) is 0 Å². The summed E-state index contributed by atoms with van der Waals surface area (Å²) in [7, 11) is 0. The van der Waals surface area contributed by atoms with Crippen LogP contribution in [0.15, 0.2) is 89.6 Å². The number of halogens is 1. The van der Waals surface area contributed by atoms with Gasteiger partial charge in [-0.3, -0.25) is 0 Å². The van der Waals surface area contributed by atoms with Crippen LogP contribution in [0.3, 0.4) is 0 Å². The fourth-order valence-electron chi connectivity index (χ4n) is 3.15. The summed E-state index contributed by atoms with van der Waals surface area (Å²) < 4.78 is 7.83. The van der Waals surface area contributed by atoms with Gasteiger partial charge in [-0.25, -0.2) is 14.3 Å². The average molecular weight is 493 g/mol. The van der Waals surface area contributed by atoms with E-state index in [2.05, 4.69) is 48.9 Å². The molecule has 0 fully saturated rings. The van der Waals surface area contributed by atoms with Gasteiger partial charge in [0.05, 0.1) is 16.9 Å². The van der Waals surface area contributed by atoms with Gasteiger partial charge in [0, 0.05) is 21.0 Å². The highest BCUT2D eigenvalue weighted by Crippen LogP contribution is 2.31. The molecule has 0 bridgehead atoms. The highest BCUT2D eigenvalue weighted by molar-refractivity contribution is 9.10. The highest BCUT2D eigenvalue weighted by atomic mass is 79.9. The smallest absolute Gasteiger partial charge is 0.345 e. The van der Waals surface area contributed by atoms with Crippen molar-refractivity contribution in [2.24, 2.45) is 10.2 Å². The number of hydrogen-bond donors (Lipinski definition) is 2. The summed E-state index contributed by atoms with van der Waals surface area (Å²) in [5.74, 6) is 0.141. The van der Waals surface area contributed by atoms with Gasteiger partial charge >= 0.3 is 5.63 Å². The van der Waals surface area contributed by atoms with Crippen molar-refractivity contribution in [2.75, 3.05) is 5.73 Å². The Labute approximate surface area is 189 Å². The molecule has 0 spiro atoms. The lowest BCUT2D eigenvalue weighted by atomic mass is 10.1. The van der Waals surface area contributed by atoms with Gasteiger partial charge in [-0.05, 0) is 54.6 Å². The number of fused-ring (bicyclic) bond motifs is 2. The number of anilines is 1. The van der Waals surface area contributed by atoms with Crippen LogP contribution < -0.4 is 11.4 Å². The number of aromatic nitrogens is 3. The van der Waals surface area contributed by atoms with Crippen LogP contribution >= 0.6 is 28.6 Å². The molecule has 5 rings (SSSR count). The molecule has 0 aliphatic rings. The number of azo groups is 1. The molecule has 31 heavy (non-hydrogen) atoms. The van der Waals surface area contributed by atoms with Crippen molar-refractivity contribution in [3.8, 4) is 11.3 Å². The van der Waals surface area contributed by atoms with E-state index >= 15 is 0 Å². The lowest BCUT2D eigenvalue weighted by Crippen LogP contribution is -2.07. The molecule has 0 amide bonds. The first-order valence-corrected chi connectivity index (χ1v) is 10.3. The maximum atomic E-state index is 12.7. The normalized spacial score (nSPS) is 11.7. The van der Waals surface area contributed by atoms with Gasteiger partial charge in [0.2, 0.25) is 0 Å². The molecule has 0 saturated carbocycles. The first-order chi connectivity index (χ1) is 15.0. The van der Waals surface area contributed by atoms with E-state index in [0.717, 1.165) is 14.8 Å². The Balaban J connectivity index is 1.66. The fourth-order valence-corrected chi connectivity index (χ4v) is 3.68. The van der Waals surface area contributed by atoms with E-state index in [9.17, 15) is 4.79 Å². The third kappa shape index (κ3) is 3.60. The monoisotopic (exact) mass is 492 g/mol. The Morgan fingerprint density at radius 1 is 1.06 bits per heavy atom. The van der Waals surface area contributed by atoms with Crippen molar-refractivity contribution in [1.82, 2.24) is 14.6 Å². The zero-order valence-electron chi connectivity index (χ0n) is 15.7. The zero-order valence-corrected chi connectivity index (χ0v) is 18.2. The second-order valence-corrected chi connectivity index (χ2v) is 8.08. The second-order valence-electron chi connectivity index (χ2n) is 6.65. The molecular weight excluding hydrogens is 480 g/mol. The van der Waals surface area contributed by atoms with Crippen LogP contribution in [0.4, 0.5) is 17.2 Å². The Hall–Kier alpha value is -3.50. The quantitative estimate of drug-likeness (QED) is 0.194. The van der Waals surface area contributed by atoms with Crippen molar-refractivity contribution in [3.63, 3.8) is 0 Å². The van der Waals surface area contributed by atoms with Crippen molar-refractivity contribution in [1.29, 1.82) is 0 Å². The van der Waals surface area contributed by atoms with E-state index in [-0.39, 0.29) is 5.82 Å². The Morgan fingerprint density at radius 3 is 2.68 bits per heavy atom. The predicted octanol–water partition coefficient (Wildman–Crippen LogP) is 5.55. The maximum absolute atomic E-state index is 12.7. The van der Waals surface area contributed by atoms with Crippen molar-refractivity contribution >= 4 is 62.4 Å². The lowest BCUT2D eigenvalue weighted by Gasteiger charge is -2.05. The zero-order chi connectivity index (χ0) is 21.5. The summed E-state index contributed by atoms with van der Waals surface area (Å²) in [6.45, 7) is 0. The fraction of sp³-hybridized carbons (Fsp3) is 0. The summed E-state index contributed by atoms with van der Waals surface area (Å²) >= 11 is 7.69. The van der Waals surface area contributed by atoms with E-state index in [1.165, 1.54) is 4.52 Å². The van der Waals surface area contributed by atoms with Crippen LogP contribution in [0.25, 0.3) is 27.9 Å². The predicted molar refractivity (Wildman–Crippen MR) is 124 cm³/mol. The van der Waals surface area contributed by atoms with Crippen LogP contribution in [-0.2, 0) is 0 Å². The minimum absolute atomic E-state index is 0.141. The second kappa shape index (κ2) is 7.64. The molecule has 2 aromatic carbocycles. The van der Waals surface area contributed by atoms with Crippen LogP contribution in [0.1, 0.15) is 0 Å². The molecule has 0 atom stereocenters. The van der Waals surface area contributed by atoms with Crippen LogP contribution in [0.5, 0.6) is 0 Å². The maximum Gasteiger partial charge on any atom is 0.345 e. The Bertz CT molecular complexity index is 1540. The SMILES string of the molecule is Nc1nn2c(-c3cc4cc(Br)ccc4oc3=O)ccnc2c1N=Nc1ccc(S)cc1. The molecule has 0 aliphatic heterocycles. The van der Waals surface area contributed by atoms with Gasteiger partial charge in [0.15, 0.2) is 17.2 Å². The molecule has 3 aromatic heterocycles. The molecule has 0 unspecified atom stereocenters. The van der Waals surface area contributed by atoms with Crippen LogP contribution in [0, 0.1) is 0 Å². The molecule has 0 aliphatic carbocycles. The van der Waals surface area contributed by atoms with E-state index in [1.807, 2.05) is 24.3 Å². The van der Waals surface area contributed by atoms with Gasteiger partial charge in [0.25, 0.3) is 0 Å². The largest absolute Gasteiger partial charge is 0.422 e. The van der Waals surface area contributed by atoms with E-state index < -0.39 is 5.63 Å². The average Bonchev–Trinajstić information content (AvgIpc) is 3.08. The first kappa shape index (κ1) is 19.5. The molecule has 152 valence electrons. The molecule has 0 radical (unpaired) electrons. The number of nitrogens with two attached hydrogens (primary N) is 1. The molecule has 3 heterocycles. The number of nitrogen functional groups attached to an aromatic ring is 1. The minimum atomic E-state index is -0.494. The Kier molecular flexibility index (Phi) is 4.79.